The molecule has 426 valence electrons. The third kappa shape index (κ3) is 15.7. The number of benzene rings is 3. The highest BCUT2D eigenvalue weighted by Gasteiger charge is 2.48. The molecule has 78 heavy (non-hydrogen) atoms. The Morgan fingerprint density at radius 2 is 1.12 bits per heavy atom. The number of halogens is 10. The van der Waals surface area contributed by atoms with Gasteiger partial charge in [0.2, 0.25) is 0 Å². The van der Waals surface area contributed by atoms with Crippen molar-refractivity contribution in [3.05, 3.63) is 119 Å². The fourth-order valence-corrected chi connectivity index (χ4v) is 7.99. The maximum absolute atomic E-state index is 14.4. The first-order valence-corrected chi connectivity index (χ1v) is 24.3. The lowest BCUT2D eigenvalue weighted by atomic mass is 10.0. The van der Waals surface area contributed by atoms with E-state index in [1.165, 1.54) is 35.2 Å². The molecular formula is C49H58BrF9N12O7. The van der Waals surface area contributed by atoms with E-state index in [1.54, 1.807) is 51.7 Å². The number of rotatable bonds is 9. The van der Waals surface area contributed by atoms with E-state index in [0.717, 1.165) is 43.0 Å². The molecule has 0 radical (unpaired) electrons. The Labute approximate surface area is 450 Å². The standard InChI is InChI=1S/C19H23F3N4O3.C16H21BrFNO3.C11H11F3N4O.C3H3F2N3/c1-18(2,3)29-17(27)25-14(9-28-19(25,4)5)11-6-7-13(20)12(8-11)15-23-10-24-26(15)16(21)22;1-15(2,3)22-14(20)19-13(9-21-16(19,4)5)10-6-7-12(18)11(17)8-10;12-8-2-1-6(9(15)4-19)3-7(8)10-16-5-17-18(10)11(13)14;4-3(5)8-2-6-1-7-8/h6-8,10,14,16H,9H2,1-5H3;6-8,13H,9H2,1-5H3;1-3,5,9,11,19H,4,15H2;1-3H/t14-;13-;9-;/m111./s1. The number of hydrogen-bond donors (Lipinski definition) is 2. The molecule has 0 saturated carbocycles. The van der Waals surface area contributed by atoms with Crippen LogP contribution in [0.15, 0.2) is 84.4 Å². The van der Waals surface area contributed by atoms with Crippen LogP contribution in [-0.4, -0.2) is 114 Å². The van der Waals surface area contributed by atoms with Gasteiger partial charge in [0.15, 0.2) is 11.6 Å². The maximum Gasteiger partial charge on any atom is 0.413 e. The number of carbonyl (C=O) groups is 2. The van der Waals surface area contributed by atoms with Crippen molar-refractivity contribution < 1.29 is 73.2 Å². The Kier molecular flexibility index (Phi) is 20.2. The van der Waals surface area contributed by atoms with Gasteiger partial charge in [0, 0.05) is 0 Å². The molecule has 0 spiro atoms. The average molecular weight is 1180 g/mol. The highest BCUT2D eigenvalue weighted by atomic mass is 79.9. The summed E-state index contributed by atoms with van der Waals surface area (Å²) >= 11 is 3.18. The minimum Gasteiger partial charge on any atom is -0.444 e. The van der Waals surface area contributed by atoms with Gasteiger partial charge in [-0.05, 0) is 138 Å². The number of alkyl halides is 6. The lowest BCUT2D eigenvalue weighted by Crippen LogP contribution is -2.47. The van der Waals surface area contributed by atoms with Crippen molar-refractivity contribution in [1.29, 1.82) is 0 Å². The molecule has 19 nitrogen and oxygen atoms in total. The maximum atomic E-state index is 14.4. The first-order valence-electron chi connectivity index (χ1n) is 23.5. The molecule has 3 aromatic heterocycles. The lowest BCUT2D eigenvalue weighted by Gasteiger charge is -2.35. The number of nitrogens with zero attached hydrogens (tertiary/aromatic N) is 11. The van der Waals surface area contributed by atoms with E-state index in [9.17, 15) is 49.1 Å². The van der Waals surface area contributed by atoms with Crippen molar-refractivity contribution >= 4 is 28.1 Å². The van der Waals surface area contributed by atoms with E-state index in [4.69, 9.17) is 29.8 Å². The van der Waals surface area contributed by atoms with Crippen molar-refractivity contribution in [3.8, 4) is 22.8 Å². The van der Waals surface area contributed by atoms with Gasteiger partial charge in [-0.15, -0.1) is 0 Å². The Morgan fingerprint density at radius 1 is 0.679 bits per heavy atom. The minimum absolute atomic E-state index is 0.138. The Hall–Kier alpha value is -6.69. The van der Waals surface area contributed by atoms with Crippen LogP contribution < -0.4 is 5.73 Å². The number of hydrogen-bond acceptors (Lipinski definition) is 14. The summed E-state index contributed by atoms with van der Waals surface area (Å²) < 4.78 is 140. The van der Waals surface area contributed by atoms with Crippen LogP contribution in [0.5, 0.6) is 0 Å². The van der Waals surface area contributed by atoms with Crippen LogP contribution in [0.4, 0.5) is 49.1 Å². The van der Waals surface area contributed by atoms with E-state index in [2.05, 4.69) is 46.2 Å². The SMILES string of the molecule is CC(C)(C)OC(=O)N1[C@@H](c2ccc(F)c(-c3ncnn3C(F)F)c2)COC1(C)C.CC(C)(C)OC(=O)N1[C@@H](c2ccc(F)c(Br)c2)COC1(C)C.FC(F)n1cncn1.N[C@H](CO)c1ccc(F)c(-c2ncnn2C(F)F)c1. The molecule has 6 aromatic rings. The van der Waals surface area contributed by atoms with Crippen LogP contribution in [-0.2, 0) is 18.9 Å². The zero-order chi connectivity index (χ0) is 58.2. The molecule has 2 aliphatic heterocycles. The van der Waals surface area contributed by atoms with Crippen LogP contribution in [0.2, 0.25) is 0 Å². The molecule has 3 aromatic carbocycles. The second kappa shape index (κ2) is 25.4. The zero-order valence-corrected chi connectivity index (χ0v) is 45.4. The number of ether oxygens (including phenoxy) is 4. The summed E-state index contributed by atoms with van der Waals surface area (Å²) in [6, 6.07) is 10.8. The first-order chi connectivity index (χ1) is 36.3. The number of aliphatic hydroxyl groups is 1. The van der Waals surface area contributed by atoms with Crippen molar-refractivity contribution in [2.24, 2.45) is 5.73 Å². The zero-order valence-electron chi connectivity index (χ0n) is 43.8. The van der Waals surface area contributed by atoms with Crippen LogP contribution in [0, 0.1) is 17.5 Å². The number of amides is 2. The van der Waals surface area contributed by atoms with E-state index in [-0.39, 0.29) is 47.8 Å². The molecule has 2 saturated heterocycles. The van der Waals surface area contributed by atoms with Gasteiger partial charge in [-0.1, -0.05) is 18.2 Å². The van der Waals surface area contributed by atoms with Gasteiger partial charge in [-0.2, -0.15) is 55.7 Å². The summed E-state index contributed by atoms with van der Waals surface area (Å²) in [7, 11) is 0. The quantitative estimate of drug-likeness (QED) is 0.129. The molecule has 0 aliphatic carbocycles. The highest BCUT2D eigenvalue weighted by molar-refractivity contribution is 9.10. The molecule has 2 aliphatic rings. The summed E-state index contributed by atoms with van der Waals surface area (Å²) in [5.74, 6) is -2.39. The van der Waals surface area contributed by atoms with Crippen LogP contribution in [0.1, 0.15) is 124 Å². The van der Waals surface area contributed by atoms with Gasteiger partial charge in [-0.25, -0.2) is 37.7 Å². The molecule has 3 N–H and O–H groups in total. The van der Waals surface area contributed by atoms with Crippen LogP contribution in [0.25, 0.3) is 22.8 Å². The molecule has 8 rings (SSSR count). The molecule has 2 fully saturated rings. The second-order valence-electron chi connectivity index (χ2n) is 20.0. The van der Waals surface area contributed by atoms with E-state index in [1.807, 2.05) is 34.6 Å². The van der Waals surface area contributed by atoms with Crippen LogP contribution >= 0.6 is 15.9 Å². The number of nitrogens with two attached hydrogens (primary N) is 1. The highest BCUT2D eigenvalue weighted by Crippen LogP contribution is 2.41. The van der Waals surface area contributed by atoms with Gasteiger partial charge in [0.25, 0.3) is 0 Å². The van der Waals surface area contributed by atoms with Crippen molar-refractivity contribution in [3.63, 3.8) is 0 Å². The molecule has 0 bridgehead atoms. The van der Waals surface area contributed by atoms with Gasteiger partial charge in [0.05, 0.1) is 53.5 Å². The molecule has 0 unspecified atom stereocenters. The lowest BCUT2D eigenvalue weighted by molar-refractivity contribution is -0.0637. The summed E-state index contributed by atoms with van der Waals surface area (Å²) in [6.07, 6.45) is 2.84. The van der Waals surface area contributed by atoms with Gasteiger partial charge >= 0.3 is 31.8 Å². The Balaban J connectivity index is 0.000000205. The second-order valence-corrected chi connectivity index (χ2v) is 20.8. The van der Waals surface area contributed by atoms with Gasteiger partial charge < -0.3 is 29.8 Å². The third-order valence-electron chi connectivity index (χ3n) is 11.1. The Bertz CT molecular complexity index is 2950. The molecule has 3 atom stereocenters. The predicted octanol–water partition coefficient (Wildman–Crippen LogP) is 11.3. The third-order valence-corrected chi connectivity index (χ3v) is 11.7. The number of carbonyl (C=O) groups excluding carboxylic acids is 2. The van der Waals surface area contributed by atoms with E-state index in [0.29, 0.717) is 36.3 Å². The summed E-state index contributed by atoms with van der Waals surface area (Å²) in [5, 5.41) is 18.9. The van der Waals surface area contributed by atoms with E-state index >= 15 is 0 Å². The topological polar surface area (TPSA) is 216 Å². The van der Waals surface area contributed by atoms with Crippen molar-refractivity contribution in [2.45, 2.75) is 130 Å². The first kappa shape index (κ1) is 62.2. The fourth-order valence-electron chi connectivity index (χ4n) is 7.59. The normalized spacial score (nSPS) is 17.2. The largest absolute Gasteiger partial charge is 0.444 e. The smallest absolute Gasteiger partial charge is 0.413 e. The van der Waals surface area contributed by atoms with Crippen LogP contribution in [0.3, 0.4) is 0 Å². The number of aromatic nitrogens is 9. The molecular weight excluding hydrogens is 1120 g/mol. The van der Waals surface area contributed by atoms with Crippen molar-refractivity contribution in [2.75, 3.05) is 19.8 Å². The minimum atomic E-state index is -2.97. The summed E-state index contributed by atoms with van der Waals surface area (Å²) in [5.41, 5.74) is 3.97. The predicted molar refractivity (Wildman–Crippen MR) is 264 cm³/mol. The Morgan fingerprint density at radius 3 is 1.50 bits per heavy atom. The molecule has 5 heterocycles. The summed E-state index contributed by atoms with van der Waals surface area (Å²) in [6.45, 7) is 9.43. The monoisotopic (exact) mass is 1180 g/mol. The van der Waals surface area contributed by atoms with Gasteiger partial charge in [-0.3, -0.25) is 9.80 Å². The van der Waals surface area contributed by atoms with Crippen molar-refractivity contribution in [1.82, 2.24) is 54.1 Å². The summed E-state index contributed by atoms with van der Waals surface area (Å²) in [4.78, 5) is 39.1. The molecule has 2 amide bonds. The average Bonchev–Trinajstić information content (AvgIpc) is 4.22. The van der Waals surface area contributed by atoms with E-state index < -0.39 is 78.2 Å². The fraction of sp³-hybridized carbons (Fsp3) is 0.469. The molecule has 29 heteroatoms. The number of aliphatic hydroxyl groups excluding tert-OH is 1. The van der Waals surface area contributed by atoms with Gasteiger partial charge in [0.1, 0.15) is 65.4 Å².